The number of piperidine rings is 1. The highest BCUT2D eigenvalue weighted by molar-refractivity contribution is 5.70. The molecule has 0 aromatic rings. The molecule has 1 heterocycles. The minimum Gasteiger partial charge on any atom is -0.481 e. The fourth-order valence-electron chi connectivity index (χ4n) is 3.02. The molecule has 1 aliphatic heterocycles. The number of hydrogen-bond acceptors (Lipinski definition) is 2. The molecule has 3 nitrogen and oxygen atoms in total. The number of likely N-dealkylation sites (tertiary alicyclic amines) is 1. The van der Waals surface area contributed by atoms with E-state index in [1.807, 2.05) is 0 Å². The predicted molar refractivity (Wildman–Crippen MR) is 49.5 cm³/mol. The van der Waals surface area contributed by atoms with Gasteiger partial charge in [0.05, 0.1) is 5.92 Å². The molecule has 0 aromatic heterocycles. The average molecular weight is 183 g/mol. The van der Waals surface area contributed by atoms with E-state index >= 15 is 0 Å². The standard InChI is InChI=1S/C10H17NO2/c1-11-5-7-2-8(6-11)4-9(3-7)10(12)13/h7-9H,2-6H2,1H3,(H,12,13). The largest absolute Gasteiger partial charge is 0.481 e. The number of nitrogens with zero attached hydrogens (tertiary/aromatic N) is 1. The van der Waals surface area contributed by atoms with Crippen LogP contribution in [0.1, 0.15) is 19.3 Å². The summed E-state index contributed by atoms with van der Waals surface area (Å²) in [7, 11) is 2.14. The molecule has 0 radical (unpaired) electrons. The highest BCUT2D eigenvalue weighted by Crippen LogP contribution is 2.37. The summed E-state index contributed by atoms with van der Waals surface area (Å²) in [5, 5.41) is 8.95. The molecule has 3 heteroatoms. The van der Waals surface area contributed by atoms with Gasteiger partial charge in [-0.1, -0.05) is 0 Å². The third-order valence-corrected chi connectivity index (χ3v) is 3.39. The van der Waals surface area contributed by atoms with Crippen LogP contribution in [0.15, 0.2) is 0 Å². The van der Waals surface area contributed by atoms with Gasteiger partial charge in [-0.15, -0.1) is 0 Å². The lowest BCUT2D eigenvalue weighted by Gasteiger charge is -2.41. The maximum absolute atomic E-state index is 10.9. The molecule has 2 atom stereocenters. The molecule has 1 N–H and O–H groups in total. The molecule has 0 spiro atoms. The molecule has 2 rings (SSSR count). The van der Waals surface area contributed by atoms with Crippen molar-refractivity contribution in [2.24, 2.45) is 17.8 Å². The van der Waals surface area contributed by atoms with Crippen LogP contribution in [0.5, 0.6) is 0 Å². The lowest BCUT2D eigenvalue weighted by atomic mass is 9.72. The summed E-state index contributed by atoms with van der Waals surface area (Å²) in [5.74, 6) is 0.633. The molecule has 0 aromatic carbocycles. The van der Waals surface area contributed by atoms with Crippen LogP contribution in [-0.4, -0.2) is 36.1 Å². The first kappa shape index (κ1) is 9.00. The highest BCUT2D eigenvalue weighted by Gasteiger charge is 2.36. The second-order valence-electron chi connectivity index (χ2n) is 4.70. The summed E-state index contributed by atoms with van der Waals surface area (Å²) in [4.78, 5) is 13.2. The number of fused-ring (bicyclic) bond motifs is 2. The number of hydrogen-bond donors (Lipinski definition) is 1. The van der Waals surface area contributed by atoms with Gasteiger partial charge in [-0.3, -0.25) is 4.79 Å². The van der Waals surface area contributed by atoms with Crippen LogP contribution in [0.25, 0.3) is 0 Å². The first-order valence-electron chi connectivity index (χ1n) is 5.06. The van der Waals surface area contributed by atoms with E-state index in [1.165, 1.54) is 6.42 Å². The zero-order valence-electron chi connectivity index (χ0n) is 8.07. The van der Waals surface area contributed by atoms with Crippen molar-refractivity contribution in [3.8, 4) is 0 Å². The summed E-state index contributed by atoms with van der Waals surface area (Å²) in [6.45, 7) is 2.20. The fraction of sp³-hybridized carbons (Fsp3) is 0.900. The molecule has 0 amide bonds. The van der Waals surface area contributed by atoms with Crippen LogP contribution >= 0.6 is 0 Å². The van der Waals surface area contributed by atoms with Gasteiger partial charge >= 0.3 is 5.97 Å². The van der Waals surface area contributed by atoms with Gasteiger partial charge in [-0.2, -0.15) is 0 Å². The van der Waals surface area contributed by atoms with Crippen LogP contribution in [0.3, 0.4) is 0 Å². The number of carboxylic acid groups (broad SMARTS) is 1. The van der Waals surface area contributed by atoms with E-state index in [0.717, 1.165) is 25.9 Å². The van der Waals surface area contributed by atoms with Gasteiger partial charge < -0.3 is 10.0 Å². The minimum atomic E-state index is -0.584. The van der Waals surface area contributed by atoms with E-state index in [9.17, 15) is 4.79 Å². The van der Waals surface area contributed by atoms with Crippen LogP contribution in [0, 0.1) is 17.8 Å². The Balaban J connectivity index is 2.01. The molecule has 2 fully saturated rings. The Morgan fingerprint density at radius 2 is 1.77 bits per heavy atom. The van der Waals surface area contributed by atoms with Crippen molar-refractivity contribution in [1.29, 1.82) is 0 Å². The first-order valence-corrected chi connectivity index (χ1v) is 5.06. The Morgan fingerprint density at radius 3 is 2.23 bits per heavy atom. The monoisotopic (exact) mass is 183 g/mol. The molecule has 1 saturated heterocycles. The predicted octanol–water partition coefficient (Wildman–Crippen LogP) is 1.05. The summed E-state index contributed by atoms with van der Waals surface area (Å²) >= 11 is 0. The zero-order chi connectivity index (χ0) is 9.42. The summed E-state index contributed by atoms with van der Waals surface area (Å²) < 4.78 is 0. The maximum atomic E-state index is 10.9. The molecular formula is C10H17NO2. The number of carboxylic acids is 1. The summed E-state index contributed by atoms with van der Waals surface area (Å²) in [5.41, 5.74) is 0. The first-order chi connectivity index (χ1) is 6.15. The van der Waals surface area contributed by atoms with E-state index in [1.54, 1.807) is 0 Å². The molecule has 1 aliphatic carbocycles. The smallest absolute Gasteiger partial charge is 0.306 e. The molecular weight excluding hydrogens is 166 g/mol. The van der Waals surface area contributed by atoms with Gasteiger partial charge in [0, 0.05) is 13.1 Å². The van der Waals surface area contributed by atoms with Gasteiger partial charge in [0.25, 0.3) is 0 Å². The van der Waals surface area contributed by atoms with Gasteiger partial charge in [-0.05, 0) is 38.1 Å². The zero-order valence-corrected chi connectivity index (χ0v) is 8.07. The van der Waals surface area contributed by atoms with Gasteiger partial charge in [0.15, 0.2) is 0 Å². The van der Waals surface area contributed by atoms with Crippen molar-refractivity contribution >= 4 is 5.97 Å². The van der Waals surface area contributed by atoms with Crippen LogP contribution < -0.4 is 0 Å². The lowest BCUT2D eigenvalue weighted by molar-refractivity contribution is -0.145. The van der Waals surface area contributed by atoms with Crippen molar-refractivity contribution in [1.82, 2.24) is 4.90 Å². The van der Waals surface area contributed by atoms with Crippen LogP contribution in [0.4, 0.5) is 0 Å². The fourth-order valence-corrected chi connectivity index (χ4v) is 3.02. The van der Waals surface area contributed by atoms with Crippen molar-refractivity contribution < 1.29 is 9.90 Å². The SMILES string of the molecule is CN1CC2CC(CC(C(=O)O)C2)C1. The van der Waals surface area contributed by atoms with Gasteiger partial charge in [0.2, 0.25) is 0 Å². The van der Waals surface area contributed by atoms with Gasteiger partial charge in [-0.25, -0.2) is 0 Å². The van der Waals surface area contributed by atoms with Crippen LogP contribution in [-0.2, 0) is 4.79 Å². The molecule has 13 heavy (non-hydrogen) atoms. The van der Waals surface area contributed by atoms with Crippen molar-refractivity contribution in [2.45, 2.75) is 19.3 Å². The topological polar surface area (TPSA) is 40.5 Å². The van der Waals surface area contributed by atoms with Crippen molar-refractivity contribution in [2.75, 3.05) is 20.1 Å². The number of carbonyl (C=O) groups is 1. The van der Waals surface area contributed by atoms with Crippen LogP contribution in [0.2, 0.25) is 0 Å². The molecule has 2 aliphatic rings. The molecule has 2 bridgehead atoms. The molecule has 2 unspecified atom stereocenters. The van der Waals surface area contributed by atoms with E-state index < -0.39 is 5.97 Å². The van der Waals surface area contributed by atoms with Crippen molar-refractivity contribution in [3.05, 3.63) is 0 Å². The summed E-state index contributed by atoms with van der Waals surface area (Å²) in [6.07, 6.45) is 3.06. The third-order valence-electron chi connectivity index (χ3n) is 3.39. The Kier molecular flexibility index (Phi) is 2.28. The quantitative estimate of drug-likeness (QED) is 0.660. The second kappa shape index (κ2) is 3.29. The second-order valence-corrected chi connectivity index (χ2v) is 4.70. The van der Waals surface area contributed by atoms with E-state index in [2.05, 4.69) is 11.9 Å². The summed E-state index contributed by atoms with van der Waals surface area (Å²) in [6, 6.07) is 0. The van der Waals surface area contributed by atoms with Crippen molar-refractivity contribution in [3.63, 3.8) is 0 Å². The minimum absolute atomic E-state index is 0.0579. The average Bonchev–Trinajstić information content (AvgIpc) is 2.01. The van der Waals surface area contributed by atoms with E-state index in [4.69, 9.17) is 5.11 Å². The lowest BCUT2D eigenvalue weighted by Crippen LogP contribution is -2.43. The van der Waals surface area contributed by atoms with Gasteiger partial charge in [0.1, 0.15) is 0 Å². The molecule has 74 valence electrons. The molecule has 1 saturated carbocycles. The maximum Gasteiger partial charge on any atom is 0.306 e. The number of rotatable bonds is 1. The Morgan fingerprint density at radius 1 is 1.23 bits per heavy atom. The highest BCUT2D eigenvalue weighted by atomic mass is 16.4. The Hall–Kier alpha value is -0.570. The number of aliphatic carboxylic acids is 1. The Bertz CT molecular complexity index is 199. The third kappa shape index (κ3) is 1.85. The normalized spacial score (nSPS) is 40.2. The Labute approximate surface area is 78.7 Å². The van der Waals surface area contributed by atoms with E-state index in [-0.39, 0.29) is 5.92 Å². The van der Waals surface area contributed by atoms with E-state index in [0.29, 0.717) is 11.8 Å².